The second-order valence-electron chi connectivity index (χ2n) is 7.19. The smallest absolute Gasteiger partial charge is 0.203 e. The van der Waals surface area contributed by atoms with Gasteiger partial charge in [-0.25, -0.2) is 0 Å². The molecule has 1 aliphatic rings. The van der Waals surface area contributed by atoms with E-state index in [9.17, 15) is 5.11 Å². The number of hydrogen-bond donors (Lipinski definition) is 1. The van der Waals surface area contributed by atoms with E-state index in [1.54, 1.807) is 21.3 Å². The lowest BCUT2D eigenvalue weighted by Gasteiger charge is -2.29. The van der Waals surface area contributed by atoms with Gasteiger partial charge in [-0.15, -0.1) is 0 Å². The molecule has 2 aromatic carbocycles. The van der Waals surface area contributed by atoms with Crippen molar-refractivity contribution in [1.29, 1.82) is 0 Å². The summed E-state index contributed by atoms with van der Waals surface area (Å²) in [6, 6.07) is 5.95. The van der Waals surface area contributed by atoms with E-state index in [-0.39, 0.29) is 5.75 Å². The number of phenols is 1. The van der Waals surface area contributed by atoms with Crippen LogP contribution in [0.2, 0.25) is 0 Å². The van der Waals surface area contributed by atoms with E-state index >= 15 is 0 Å². The fraction of sp³-hybridized carbons (Fsp3) is 0.455. The van der Waals surface area contributed by atoms with Crippen LogP contribution in [0.25, 0.3) is 11.1 Å². The van der Waals surface area contributed by atoms with Gasteiger partial charge in [0.2, 0.25) is 5.75 Å². The van der Waals surface area contributed by atoms with Gasteiger partial charge in [0.05, 0.1) is 28.4 Å². The molecule has 3 rings (SSSR count). The van der Waals surface area contributed by atoms with Crippen LogP contribution >= 0.6 is 0 Å². The summed E-state index contributed by atoms with van der Waals surface area (Å²) >= 11 is 0. The van der Waals surface area contributed by atoms with Crippen molar-refractivity contribution in [2.45, 2.75) is 26.7 Å². The van der Waals surface area contributed by atoms with Gasteiger partial charge in [0.1, 0.15) is 0 Å². The van der Waals surface area contributed by atoms with Crippen LogP contribution in [0.15, 0.2) is 18.2 Å². The number of phenolic OH excluding ortho intramolecular Hbond substituents is 1. The molecule has 146 valence electrons. The fourth-order valence-electron chi connectivity index (χ4n) is 3.98. The Labute approximate surface area is 160 Å². The lowest BCUT2D eigenvalue weighted by molar-refractivity contribution is 0.330. The Kier molecular flexibility index (Phi) is 5.40. The van der Waals surface area contributed by atoms with Crippen molar-refractivity contribution in [3.05, 3.63) is 29.3 Å². The average molecular weight is 372 g/mol. The monoisotopic (exact) mass is 372 g/mol. The first-order valence-electron chi connectivity index (χ1n) is 9.17. The standard InChI is InChI=1S/C22H28O5/c1-12-9-14-7-8-16(24-3)21(26-5)19(14)18-15(10-13(12)2)11-17(25-4)22(27-6)20(18)23/h7-8,11-13,23H,9-10H2,1-6H3. The minimum atomic E-state index is 0.0707. The van der Waals surface area contributed by atoms with Crippen molar-refractivity contribution < 1.29 is 24.1 Å². The third-order valence-electron chi connectivity index (χ3n) is 5.66. The van der Waals surface area contributed by atoms with Crippen molar-refractivity contribution >= 4 is 0 Å². The number of fused-ring (bicyclic) bond motifs is 3. The van der Waals surface area contributed by atoms with Crippen molar-refractivity contribution in [1.82, 2.24) is 0 Å². The summed E-state index contributed by atoms with van der Waals surface area (Å²) in [5.74, 6) is 3.11. The summed E-state index contributed by atoms with van der Waals surface area (Å²) in [6.07, 6.45) is 1.72. The summed E-state index contributed by atoms with van der Waals surface area (Å²) in [6.45, 7) is 4.50. The van der Waals surface area contributed by atoms with Gasteiger partial charge in [0.25, 0.3) is 0 Å². The van der Waals surface area contributed by atoms with Gasteiger partial charge in [0, 0.05) is 11.1 Å². The van der Waals surface area contributed by atoms with E-state index in [1.807, 2.05) is 12.1 Å². The van der Waals surface area contributed by atoms with Gasteiger partial charge < -0.3 is 24.1 Å². The molecule has 0 aliphatic heterocycles. The van der Waals surface area contributed by atoms with Crippen LogP contribution in [0.1, 0.15) is 25.0 Å². The maximum Gasteiger partial charge on any atom is 0.203 e. The van der Waals surface area contributed by atoms with Gasteiger partial charge in [-0.2, -0.15) is 0 Å². The Hall–Kier alpha value is -2.56. The maximum atomic E-state index is 11.1. The predicted octanol–water partition coefficient (Wildman–Crippen LogP) is 4.46. The number of rotatable bonds is 4. The number of aromatic hydroxyl groups is 1. The van der Waals surface area contributed by atoms with E-state index < -0.39 is 0 Å². The normalized spacial score (nSPS) is 18.6. The summed E-state index contributed by atoms with van der Waals surface area (Å²) in [5.41, 5.74) is 3.73. The van der Waals surface area contributed by atoms with Gasteiger partial charge in [-0.3, -0.25) is 0 Å². The van der Waals surface area contributed by atoms with Crippen molar-refractivity contribution in [3.63, 3.8) is 0 Å². The largest absolute Gasteiger partial charge is 0.504 e. The van der Waals surface area contributed by atoms with E-state index in [0.717, 1.165) is 35.1 Å². The average Bonchev–Trinajstić information content (AvgIpc) is 2.66. The molecule has 0 radical (unpaired) electrons. The van der Waals surface area contributed by atoms with Crippen LogP contribution < -0.4 is 18.9 Å². The fourth-order valence-corrected chi connectivity index (χ4v) is 3.98. The number of hydrogen-bond acceptors (Lipinski definition) is 5. The van der Waals surface area contributed by atoms with E-state index in [4.69, 9.17) is 18.9 Å². The molecule has 1 N–H and O–H groups in total. The maximum absolute atomic E-state index is 11.1. The minimum absolute atomic E-state index is 0.0707. The third-order valence-corrected chi connectivity index (χ3v) is 5.66. The van der Waals surface area contributed by atoms with E-state index in [2.05, 4.69) is 19.9 Å². The molecule has 0 fully saturated rings. The quantitative estimate of drug-likeness (QED) is 0.858. The molecule has 2 unspecified atom stereocenters. The first-order valence-corrected chi connectivity index (χ1v) is 9.17. The van der Waals surface area contributed by atoms with Crippen molar-refractivity contribution in [2.75, 3.05) is 28.4 Å². The predicted molar refractivity (Wildman–Crippen MR) is 105 cm³/mol. The van der Waals surface area contributed by atoms with E-state index in [1.165, 1.54) is 7.11 Å². The lowest BCUT2D eigenvalue weighted by atomic mass is 9.77. The number of ether oxygens (including phenoxy) is 4. The summed E-state index contributed by atoms with van der Waals surface area (Å²) in [4.78, 5) is 0. The topological polar surface area (TPSA) is 57.2 Å². The van der Waals surface area contributed by atoms with Crippen LogP contribution in [-0.2, 0) is 12.8 Å². The molecular weight excluding hydrogens is 344 g/mol. The molecule has 5 heteroatoms. The molecule has 0 aromatic heterocycles. The summed E-state index contributed by atoms with van der Waals surface area (Å²) in [5, 5.41) is 11.1. The van der Waals surface area contributed by atoms with Crippen LogP contribution in [0.4, 0.5) is 0 Å². The Morgan fingerprint density at radius 2 is 1.33 bits per heavy atom. The SMILES string of the molecule is COc1cc2c(c(O)c1OC)-c1c(ccc(OC)c1OC)CC(C)C(C)C2. The zero-order valence-electron chi connectivity index (χ0n) is 16.9. The highest BCUT2D eigenvalue weighted by atomic mass is 16.5. The zero-order chi connectivity index (χ0) is 19.7. The number of benzene rings is 2. The molecule has 1 aliphatic carbocycles. The van der Waals surface area contributed by atoms with Gasteiger partial charge in [-0.1, -0.05) is 19.9 Å². The Bertz CT molecular complexity index is 843. The highest BCUT2D eigenvalue weighted by molar-refractivity contribution is 5.86. The molecule has 0 saturated heterocycles. The minimum Gasteiger partial charge on any atom is -0.504 e. The number of methoxy groups -OCH3 is 4. The second-order valence-corrected chi connectivity index (χ2v) is 7.19. The van der Waals surface area contributed by atoms with Crippen molar-refractivity contribution in [3.8, 4) is 39.9 Å². The molecular formula is C22H28O5. The Morgan fingerprint density at radius 3 is 1.89 bits per heavy atom. The van der Waals surface area contributed by atoms with E-state index in [0.29, 0.717) is 34.8 Å². The van der Waals surface area contributed by atoms with Crippen molar-refractivity contribution in [2.24, 2.45) is 11.8 Å². The molecule has 0 heterocycles. The molecule has 0 saturated carbocycles. The first-order chi connectivity index (χ1) is 13.0. The molecule has 2 atom stereocenters. The molecule has 0 spiro atoms. The summed E-state index contributed by atoms with van der Waals surface area (Å²) < 4.78 is 22.2. The molecule has 5 nitrogen and oxygen atoms in total. The van der Waals surface area contributed by atoms with Gasteiger partial charge in [-0.05, 0) is 47.9 Å². The van der Waals surface area contributed by atoms with Gasteiger partial charge >= 0.3 is 0 Å². The van der Waals surface area contributed by atoms with Crippen LogP contribution in [0, 0.1) is 11.8 Å². The van der Waals surface area contributed by atoms with Crippen LogP contribution in [-0.4, -0.2) is 33.5 Å². The molecule has 27 heavy (non-hydrogen) atoms. The van der Waals surface area contributed by atoms with Crippen LogP contribution in [0.3, 0.4) is 0 Å². The lowest BCUT2D eigenvalue weighted by Crippen LogP contribution is -2.18. The summed E-state index contributed by atoms with van der Waals surface area (Å²) in [7, 11) is 6.35. The third kappa shape index (κ3) is 3.15. The first kappa shape index (κ1) is 19.2. The Balaban J connectivity index is 2.43. The van der Waals surface area contributed by atoms with Gasteiger partial charge in [0.15, 0.2) is 23.0 Å². The second kappa shape index (κ2) is 7.59. The zero-order valence-corrected chi connectivity index (χ0v) is 16.9. The highest BCUT2D eigenvalue weighted by Gasteiger charge is 2.30. The molecule has 2 aromatic rings. The molecule has 0 amide bonds. The molecule has 0 bridgehead atoms. The highest BCUT2D eigenvalue weighted by Crippen LogP contribution is 2.53. The van der Waals surface area contributed by atoms with Crippen LogP contribution in [0.5, 0.6) is 28.7 Å². The Morgan fingerprint density at radius 1 is 0.741 bits per heavy atom.